The Morgan fingerprint density at radius 2 is 1.82 bits per heavy atom. The van der Waals surface area contributed by atoms with E-state index in [0.29, 0.717) is 31.6 Å². The van der Waals surface area contributed by atoms with E-state index in [1.54, 1.807) is 0 Å². The van der Waals surface area contributed by atoms with E-state index in [1.807, 2.05) is 31.2 Å². The Balaban J connectivity index is 2.02. The summed E-state index contributed by atoms with van der Waals surface area (Å²) < 4.78 is 17.5. The fourth-order valence-electron chi connectivity index (χ4n) is 4.74. The number of methoxy groups -OCH3 is 1. The maximum absolute atomic E-state index is 13.0. The second kappa shape index (κ2) is 10.1. The lowest BCUT2D eigenvalue weighted by atomic mass is 9.84. The topological polar surface area (TPSA) is 65.1 Å². The van der Waals surface area contributed by atoms with Gasteiger partial charge < -0.3 is 13.9 Å². The van der Waals surface area contributed by atoms with Gasteiger partial charge in [0.05, 0.1) is 19.8 Å². The molecule has 2 aliphatic rings. The van der Waals surface area contributed by atoms with Crippen LogP contribution in [0.3, 0.4) is 0 Å². The van der Waals surface area contributed by atoms with Crippen molar-refractivity contribution in [1.82, 2.24) is 4.90 Å². The number of carbonyl (C=O) groups excluding carboxylic acids is 2. The Morgan fingerprint density at radius 1 is 1.15 bits per heavy atom. The van der Waals surface area contributed by atoms with Crippen molar-refractivity contribution >= 4 is 20.3 Å². The molecule has 6 nitrogen and oxygen atoms in total. The Labute approximate surface area is 199 Å². The molecule has 7 heteroatoms. The van der Waals surface area contributed by atoms with Crippen LogP contribution in [0.25, 0.3) is 0 Å². The van der Waals surface area contributed by atoms with E-state index >= 15 is 0 Å². The van der Waals surface area contributed by atoms with E-state index in [1.165, 1.54) is 7.11 Å². The first-order valence-corrected chi connectivity index (χ1v) is 14.8. The van der Waals surface area contributed by atoms with Gasteiger partial charge in [-0.1, -0.05) is 57.2 Å². The summed E-state index contributed by atoms with van der Waals surface area (Å²) in [4.78, 5) is 27.8. The van der Waals surface area contributed by atoms with Gasteiger partial charge in [-0.25, -0.2) is 4.79 Å². The summed E-state index contributed by atoms with van der Waals surface area (Å²) in [6, 6.07) is 9.80. The normalized spacial score (nSPS) is 25.8. The monoisotopic (exact) mass is 473 g/mol. The zero-order valence-corrected chi connectivity index (χ0v) is 22.1. The quantitative estimate of drug-likeness (QED) is 0.422. The highest BCUT2D eigenvalue weighted by Crippen LogP contribution is 2.45. The van der Waals surface area contributed by atoms with Crippen molar-refractivity contribution in [3.05, 3.63) is 47.5 Å². The van der Waals surface area contributed by atoms with Crippen LogP contribution in [0.4, 0.5) is 0 Å². The highest BCUT2D eigenvalue weighted by atomic mass is 28.4. The highest BCUT2D eigenvalue weighted by molar-refractivity contribution is 6.74. The van der Waals surface area contributed by atoms with Gasteiger partial charge in [-0.15, -0.1) is 0 Å². The van der Waals surface area contributed by atoms with Gasteiger partial charge in [0.1, 0.15) is 6.04 Å². The number of hydrogen-bond donors (Lipinski definition) is 0. The van der Waals surface area contributed by atoms with Crippen LogP contribution < -0.4 is 0 Å². The predicted octanol–water partition coefficient (Wildman–Crippen LogP) is 4.70. The zero-order chi connectivity index (χ0) is 24.4. The summed E-state index contributed by atoms with van der Waals surface area (Å²) in [6.07, 6.45) is 2.91. The maximum atomic E-state index is 13.0. The van der Waals surface area contributed by atoms with E-state index in [-0.39, 0.29) is 41.1 Å². The van der Waals surface area contributed by atoms with Crippen molar-refractivity contribution in [1.29, 1.82) is 0 Å². The number of hydrogen-bond acceptors (Lipinski definition) is 6. The van der Waals surface area contributed by atoms with Crippen molar-refractivity contribution in [2.45, 2.75) is 83.4 Å². The van der Waals surface area contributed by atoms with Gasteiger partial charge in [0, 0.05) is 24.6 Å². The third-order valence-corrected chi connectivity index (χ3v) is 11.9. The summed E-state index contributed by atoms with van der Waals surface area (Å²) >= 11 is 0. The molecule has 3 rings (SSSR count). The largest absolute Gasteiger partial charge is 0.466 e. The van der Waals surface area contributed by atoms with Crippen LogP contribution in [0.5, 0.6) is 0 Å². The highest BCUT2D eigenvalue weighted by Gasteiger charge is 2.52. The lowest BCUT2D eigenvalue weighted by Crippen LogP contribution is -2.54. The average molecular weight is 474 g/mol. The molecule has 1 aliphatic carbocycles. The Kier molecular flexibility index (Phi) is 7.86. The molecule has 0 saturated carbocycles. The standard InChI is InChI=1S/C26H39NO5Si/c1-8-31-25(29)21-15-19-14-20(24(28)30-5)16-22(32-33(6,7)26(2,3)4)23(19)27(21)17-18-12-10-9-11-13-18/h9-14,19,21-23H,8,15-17H2,1-7H3/t19-,21+,22+,23+/m1/s1. The lowest BCUT2D eigenvalue weighted by Gasteiger charge is -2.45. The van der Waals surface area contributed by atoms with Gasteiger partial charge in [0.25, 0.3) is 0 Å². The van der Waals surface area contributed by atoms with E-state index in [0.717, 1.165) is 5.56 Å². The molecule has 1 heterocycles. The zero-order valence-electron chi connectivity index (χ0n) is 21.1. The number of likely N-dealkylation sites (tertiary alicyclic amines) is 1. The summed E-state index contributed by atoms with van der Waals surface area (Å²) in [6.45, 7) is 13.9. The van der Waals surface area contributed by atoms with Crippen LogP contribution in [0, 0.1) is 5.92 Å². The first kappa shape index (κ1) is 25.7. The van der Waals surface area contributed by atoms with E-state index in [4.69, 9.17) is 13.9 Å². The van der Waals surface area contributed by atoms with Crippen molar-refractivity contribution in [2.75, 3.05) is 13.7 Å². The molecule has 182 valence electrons. The van der Waals surface area contributed by atoms with Crippen LogP contribution >= 0.6 is 0 Å². The Hall–Kier alpha value is -1.96. The van der Waals surface area contributed by atoms with Gasteiger partial charge in [0.2, 0.25) is 0 Å². The van der Waals surface area contributed by atoms with Crippen LogP contribution in [-0.4, -0.2) is 57.1 Å². The van der Waals surface area contributed by atoms with Gasteiger partial charge in [0.15, 0.2) is 8.32 Å². The number of nitrogens with zero attached hydrogens (tertiary/aromatic N) is 1. The molecule has 1 fully saturated rings. The SMILES string of the molecule is CCOC(=O)[C@@H]1C[C@H]2C=C(C(=O)OC)C[C@H](O[Si](C)(C)C(C)(C)C)[C@H]2N1Cc1ccccc1. The summed E-state index contributed by atoms with van der Waals surface area (Å²) in [5, 5.41) is 0.0263. The second-order valence-corrected chi connectivity index (χ2v) is 15.4. The number of rotatable bonds is 7. The van der Waals surface area contributed by atoms with Crippen LogP contribution in [0.2, 0.25) is 18.1 Å². The second-order valence-electron chi connectivity index (χ2n) is 10.6. The molecule has 4 atom stereocenters. The Bertz CT molecular complexity index is 876. The van der Waals surface area contributed by atoms with Gasteiger partial charge >= 0.3 is 11.9 Å². The predicted molar refractivity (Wildman–Crippen MR) is 131 cm³/mol. The fourth-order valence-corrected chi connectivity index (χ4v) is 6.07. The molecule has 1 saturated heterocycles. The molecule has 33 heavy (non-hydrogen) atoms. The molecule has 0 aromatic heterocycles. The summed E-state index contributed by atoms with van der Waals surface area (Å²) in [5.41, 5.74) is 1.79. The van der Waals surface area contributed by atoms with Gasteiger partial charge in [-0.05, 0) is 43.0 Å². The molecule has 0 N–H and O–H groups in total. The number of ether oxygens (including phenoxy) is 2. The maximum Gasteiger partial charge on any atom is 0.333 e. The number of carbonyl (C=O) groups is 2. The fraction of sp³-hybridized carbons (Fsp3) is 0.615. The van der Waals surface area contributed by atoms with Crippen molar-refractivity contribution in [2.24, 2.45) is 5.92 Å². The smallest absolute Gasteiger partial charge is 0.333 e. The number of fused-ring (bicyclic) bond motifs is 1. The molecule has 1 aromatic rings. The van der Waals surface area contributed by atoms with E-state index in [9.17, 15) is 9.59 Å². The summed E-state index contributed by atoms with van der Waals surface area (Å²) in [5.74, 6) is -0.505. The first-order valence-electron chi connectivity index (χ1n) is 11.9. The Morgan fingerprint density at radius 3 is 2.39 bits per heavy atom. The van der Waals surface area contributed by atoms with Crippen molar-refractivity contribution < 1.29 is 23.5 Å². The number of benzene rings is 1. The van der Waals surface area contributed by atoms with Gasteiger partial charge in [-0.2, -0.15) is 0 Å². The average Bonchev–Trinajstić information content (AvgIpc) is 3.11. The van der Waals surface area contributed by atoms with Crippen molar-refractivity contribution in [3.8, 4) is 0 Å². The molecule has 0 radical (unpaired) electrons. The first-order chi connectivity index (χ1) is 15.5. The van der Waals surface area contributed by atoms with E-state index < -0.39 is 8.32 Å². The molecule has 0 spiro atoms. The summed E-state index contributed by atoms with van der Waals surface area (Å²) in [7, 11) is -0.722. The third kappa shape index (κ3) is 5.58. The van der Waals surface area contributed by atoms with E-state index in [2.05, 4.69) is 50.9 Å². The third-order valence-electron chi connectivity index (χ3n) is 7.40. The molecular formula is C26H39NO5Si. The minimum Gasteiger partial charge on any atom is -0.466 e. The molecule has 1 aliphatic heterocycles. The van der Waals surface area contributed by atoms with Gasteiger partial charge in [-0.3, -0.25) is 9.69 Å². The van der Waals surface area contributed by atoms with Crippen LogP contribution in [0.15, 0.2) is 42.0 Å². The molecule has 0 unspecified atom stereocenters. The molecule has 0 bridgehead atoms. The molecular weight excluding hydrogens is 434 g/mol. The molecule has 1 aromatic carbocycles. The lowest BCUT2D eigenvalue weighted by molar-refractivity contribution is -0.149. The molecule has 0 amide bonds. The van der Waals surface area contributed by atoms with Crippen LogP contribution in [0.1, 0.15) is 46.1 Å². The van der Waals surface area contributed by atoms with Crippen LogP contribution in [-0.2, 0) is 30.0 Å². The number of esters is 2. The minimum absolute atomic E-state index is 0.0119. The minimum atomic E-state index is -2.13. The van der Waals surface area contributed by atoms with Crippen molar-refractivity contribution in [3.63, 3.8) is 0 Å².